The van der Waals surface area contributed by atoms with Crippen molar-refractivity contribution in [1.29, 1.82) is 0 Å². The number of halogens is 1. The first-order valence-corrected chi connectivity index (χ1v) is 9.47. The highest BCUT2D eigenvalue weighted by atomic mass is 79.9. The van der Waals surface area contributed by atoms with Crippen molar-refractivity contribution in [1.82, 2.24) is 4.31 Å². The molecule has 7 heteroatoms. The molecule has 128 valence electrons. The molecule has 0 heterocycles. The second-order valence-corrected chi connectivity index (χ2v) is 8.75. The van der Waals surface area contributed by atoms with Crippen LogP contribution < -0.4 is 5.32 Å². The van der Waals surface area contributed by atoms with Gasteiger partial charge in [0, 0.05) is 29.8 Å². The highest BCUT2D eigenvalue weighted by Gasteiger charge is 2.18. The second-order valence-electron chi connectivity index (χ2n) is 5.68. The number of hydrogen-bond donors (Lipinski definition) is 1. The lowest BCUT2D eigenvalue weighted by Crippen LogP contribution is -2.22. The summed E-state index contributed by atoms with van der Waals surface area (Å²) >= 11 is 3.42. The molecule has 2 aromatic carbocycles. The number of sulfonamides is 1. The first kappa shape index (κ1) is 18.6. The molecule has 0 aliphatic rings. The van der Waals surface area contributed by atoms with E-state index in [0.717, 1.165) is 25.6 Å². The van der Waals surface area contributed by atoms with E-state index in [-0.39, 0.29) is 10.8 Å². The third kappa shape index (κ3) is 3.85. The quantitative estimate of drug-likeness (QED) is 0.837. The first-order valence-electron chi connectivity index (χ1n) is 7.23. The maximum absolute atomic E-state index is 12.4. The largest absolute Gasteiger partial charge is 0.322 e. The molecular formula is C17H19BrN2O3S. The van der Waals surface area contributed by atoms with Crippen LogP contribution in [-0.4, -0.2) is 32.7 Å². The van der Waals surface area contributed by atoms with Gasteiger partial charge in [-0.05, 0) is 61.4 Å². The van der Waals surface area contributed by atoms with Crippen LogP contribution in [-0.2, 0) is 10.0 Å². The SMILES string of the molecule is Cc1cc(Br)cc(C)c1NC(=O)c1ccc(S(=O)(=O)N(C)C)cc1. The summed E-state index contributed by atoms with van der Waals surface area (Å²) in [4.78, 5) is 12.6. The summed E-state index contributed by atoms with van der Waals surface area (Å²) in [6.45, 7) is 3.83. The molecule has 0 radical (unpaired) electrons. The predicted molar refractivity (Wildman–Crippen MR) is 98.9 cm³/mol. The van der Waals surface area contributed by atoms with E-state index < -0.39 is 10.0 Å². The summed E-state index contributed by atoms with van der Waals surface area (Å²) in [5.41, 5.74) is 3.05. The molecule has 24 heavy (non-hydrogen) atoms. The molecule has 2 rings (SSSR count). The zero-order chi connectivity index (χ0) is 18.1. The minimum absolute atomic E-state index is 0.153. The fraction of sp³-hybridized carbons (Fsp3) is 0.235. The molecule has 0 aliphatic carbocycles. The number of anilines is 1. The number of carbonyl (C=O) groups excluding carboxylic acids is 1. The zero-order valence-corrected chi connectivity index (χ0v) is 16.3. The standard InChI is InChI=1S/C17H19BrN2O3S/c1-11-9-14(18)10-12(2)16(11)19-17(21)13-5-7-15(8-6-13)24(22,23)20(3)4/h5-10H,1-4H3,(H,19,21). The second kappa shape index (κ2) is 7.04. The van der Waals surface area contributed by atoms with E-state index in [4.69, 9.17) is 0 Å². The summed E-state index contributed by atoms with van der Waals surface area (Å²) in [6, 6.07) is 9.74. The predicted octanol–water partition coefficient (Wildman–Crippen LogP) is 3.57. The van der Waals surface area contributed by atoms with Gasteiger partial charge in [-0.2, -0.15) is 0 Å². The van der Waals surface area contributed by atoms with Crippen LogP contribution in [0.5, 0.6) is 0 Å². The highest BCUT2D eigenvalue weighted by molar-refractivity contribution is 9.10. The average molecular weight is 411 g/mol. The Morgan fingerprint density at radius 3 is 2.00 bits per heavy atom. The number of benzene rings is 2. The number of amides is 1. The van der Waals surface area contributed by atoms with E-state index in [2.05, 4.69) is 21.2 Å². The number of nitrogens with one attached hydrogen (secondary N) is 1. The summed E-state index contributed by atoms with van der Waals surface area (Å²) in [5, 5.41) is 2.88. The summed E-state index contributed by atoms with van der Waals surface area (Å²) in [5.74, 6) is -0.280. The van der Waals surface area contributed by atoms with Crippen LogP contribution in [0.4, 0.5) is 5.69 Å². The Bertz CT molecular complexity index is 852. The van der Waals surface area contributed by atoms with Crippen LogP contribution in [0.2, 0.25) is 0 Å². The Morgan fingerprint density at radius 1 is 1.04 bits per heavy atom. The van der Waals surface area contributed by atoms with Gasteiger partial charge >= 0.3 is 0 Å². The van der Waals surface area contributed by atoms with Gasteiger partial charge in [0.05, 0.1) is 4.90 Å². The third-order valence-electron chi connectivity index (χ3n) is 3.63. The lowest BCUT2D eigenvalue weighted by Gasteiger charge is -2.13. The summed E-state index contributed by atoms with van der Waals surface area (Å²) in [6.07, 6.45) is 0. The van der Waals surface area contributed by atoms with Crippen molar-refractivity contribution in [3.8, 4) is 0 Å². The van der Waals surface area contributed by atoms with Crippen LogP contribution in [0.15, 0.2) is 45.8 Å². The molecular weight excluding hydrogens is 392 g/mol. The van der Waals surface area contributed by atoms with Gasteiger partial charge in [-0.15, -0.1) is 0 Å². The molecule has 1 amide bonds. The Balaban J connectivity index is 2.26. The number of nitrogens with zero attached hydrogens (tertiary/aromatic N) is 1. The molecule has 0 atom stereocenters. The van der Waals surface area contributed by atoms with Gasteiger partial charge in [-0.25, -0.2) is 12.7 Å². The summed E-state index contributed by atoms with van der Waals surface area (Å²) in [7, 11) is -0.565. The van der Waals surface area contributed by atoms with Gasteiger partial charge in [0.2, 0.25) is 10.0 Å². The molecule has 0 unspecified atom stereocenters. The normalized spacial score (nSPS) is 11.6. The van der Waals surface area contributed by atoms with E-state index in [9.17, 15) is 13.2 Å². The highest BCUT2D eigenvalue weighted by Crippen LogP contribution is 2.25. The fourth-order valence-corrected chi connectivity index (χ4v) is 3.87. The van der Waals surface area contributed by atoms with Crippen LogP contribution in [0.25, 0.3) is 0 Å². The van der Waals surface area contributed by atoms with E-state index in [1.54, 1.807) is 0 Å². The maximum Gasteiger partial charge on any atom is 0.255 e. The van der Waals surface area contributed by atoms with Crippen LogP contribution in [0.1, 0.15) is 21.5 Å². The van der Waals surface area contributed by atoms with Gasteiger partial charge in [-0.1, -0.05) is 15.9 Å². The van der Waals surface area contributed by atoms with Gasteiger partial charge < -0.3 is 5.32 Å². The number of hydrogen-bond acceptors (Lipinski definition) is 3. The third-order valence-corrected chi connectivity index (χ3v) is 5.92. The van der Waals surface area contributed by atoms with E-state index in [0.29, 0.717) is 5.56 Å². The maximum atomic E-state index is 12.4. The van der Waals surface area contributed by atoms with Crippen molar-refractivity contribution in [2.75, 3.05) is 19.4 Å². The smallest absolute Gasteiger partial charge is 0.255 e. The molecule has 0 spiro atoms. The number of carbonyl (C=O) groups is 1. The van der Waals surface area contributed by atoms with Gasteiger partial charge in [-0.3, -0.25) is 4.79 Å². The van der Waals surface area contributed by atoms with Gasteiger partial charge in [0.15, 0.2) is 0 Å². The van der Waals surface area contributed by atoms with Crippen molar-refractivity contribution < 1.29 is 13.2 Å². The minimum atomic E-state index is -3.50. The molecule has 0 bridgehead atoms. The number of rotatable bonds is 4. The van der Waals surface area contributed by atoms with Crippen LogP contribution in [0.3, 0.4) is 0 Å². The topological polar surface area (TPSA) is 66.5 Å². The molecule has 1 N–H and O–H groups in total. The fourth-order valence-electron chi connectivity index (χ4n) is 2.28. The molecule has 0 fully saturated rings. The Morgan fingerprint density at radius 2 is 1.54 bits per heavy atom. The molecule has 0 saturated heterocycles. The molecule has 5 nitrogen and oxygen atoms in total. The Labute approximate surface area is 150 Å². The van der Waals surface area contributed by atoms with Crippen LogP contribution in [0, 0.1) is 13.8 Å². The Kier molecular flexibility index (Phi) is 5.47. The number of aryl methyl sites for hydroxylation is 2. The zero-order valence-electron chi connectivity index (χ0n) is 13.9. The molecule has 0 aliphatic heterocycles. The van der Waals surface area contributed by atoms with E-state index in [1.807, 2.05) is 26.0 Å². The monoisotopic (exact) mass is 410 g/mol. The van der Waals surface area contributed by atoms with Crippen molar-refractivity contribution in [3.63, 3.8) is 0 Å². The average Bonchev–Trinajstić information content (AvgIpc) is 2.50. The van der Waals surface area contributed by atoms with E-state index >= 15 is 0 Å². The van der Waals surface area contributed by atoms with E-state index in [1.165, 1.54) is 38.4 Å². The van der Waals surface area contributed by atoms with Crippen molar-refractivity contribution in [3.05, 3.63) is 57.6 Å². The lowest BCUT2D eigenvalue weighted by atomic mass is 10.1. The van der Waals surface area contributed by atoms with Gasteiger partial charge in [0.25, 0.3) is 5.91 Å². The first-order chi connectivity index (χ1) is 11.1. The van der Waals surface area contributed by atoms with Crippen molar-refractivity contribution in [2.45, 2.75) is 18.7 Å². The Hall–Kier alpha value is -1.70. The molecule has 0 saturated carbocycles. The van der Waals surface area contributed by atoms with Gasteiger partial charge in [0.1, 0.15) is 0 Å². The molecule has 2 aromatic rings. The lowest BCUT2D eigenvalue weighted by molar-refractivity contribution is 0.102. The minimum Gasteiger partial charge on any atom is -0.322 e. The van der Waals surface area contributed by atoms with Crippen LogP contribution >= 0.6 is 15.9 Å². The van der Waals surface area contributed by atoms with Crippen molar-refractivity contribution >= 4 is 37.5 Å². The molecule has 0 aromatic heterocycles. The summed E-state index contributed by atoms with van der Waals surface area (Å²) < 4.78 is 26.2. The van der Waals surface area contributed by atoms with Crippen molar-refractivity contribution in [2.24, 2.45) is 0 Å².